The number of nitrogens with zero attached hydrogens (tertiary/aromatic N) is 1. The number of amides is 1. The van der Waals surface area contributed by atoms with Gasteiger partial charge in [0.15, 0.2) is 6.61 Å². The van der Waals surface area contributed by atoms with Crippen LogP contribution in [0.3, 0.4) is 0 Å². The SMILES string of the molecule is N#Cc1ccc(Cl)cc1NC(=O)COC(=O)c1c(Cl)cccc1Cl. The number of hydrogen-bond donors (Lipinski definition) is 1. The van der Waals surface area contributed by atoms with Gasteiger partial charge in [-0.2, -0.15) is 5.26 Å². The fraction of sp³-hybridized carbons (Fsp3) is 0.0625. The van der Waals surface area contributed by atoms with Crippen LogP contribution in [0.25, 0.3) is 0 Å². The van der Waals surface area contributed by atoms with E-state index in [0.29, 0.717) is 5.02 Å². The summed E-state index contributed by atoms with van der Waals surface area (Å²) in [5.41, 5.74) is 0.434. The quantitative estimate of drug-likeness (QED) is 0.798. The maximum Gasteiger partial charge on any atom is 0.341 e. The van der Waals surface area contributed by atoms with Gasteiger partial charge in [-0.05, 0) is 30.3 Å². The van der Waals surface area contributed by atoms with Crippen LogP contribution < -0.4 is 5.32 Å². The molecule has 0 heterocycles. The summed E-state index contributed by atoms with van der Waals surface area (Å²) < 4.78 is 4.89. The number of carbonyl (C=O) groups is 2. The number of hydrogen-bond acceptors (Lipinski definition) is 4. The van der Waals surface area contributed by atoms with E-state index in [1.165, 1.54) is 30.3 Å². The molecule has 0 aromatic heterocycles. The lowest BCUT2D eigenvalue weighted by atomic mass is 10.2. The van der Waals surface area contributed by atoms with Crippen molar-refractivity contribution < 1.29 is 14.3 Å². The van der Waals surface area contributed by atoms with Crippen LogP contribution >= 0.6 is 34.8 Å². The van der Waals surface area contributed by atoms with Gasteiger partial charge in [-0.15, -0.1) is 0 Å². The smallest absolute Gasteiger partial charge is 0.341 e. The van der Waals surface area contributed by atoms with Crippen LogP contribution in [0.2, 0.25) is 15.1 Å². The van der Waals surface area contributed by atoms with E-state index in [9.17, 15) is 9.59 Å². The van der Waals surface area contributed by atoms with Gasteiger partial charge >= 0.3 is 5.97 Å². The molecule has 2 aromatic rings. The average Bonchev–Trinajstić information content (AvgIpc) is 2.53. The molecular weight excluding hydrogens is 375 g/mol. The Morgan fingerprint density at radius 1 is 1.12 bits per heavy atom. The van der Waals surface area contributed by atoms with Crippen molar-refractivity contribution in [3.63, 3.8) is 0 Å². The minimum absolute atomic E-state index is 0.0193. The van der Waals surface area contributed by atoms with Gasteiger partial charge in [-0.1, -0.05) is 40.9 Å². The Morgan fingerprint density at radius 2 is 1.79 bits per heavy atom. The van der Waals surface area contributed by atoms with Crippen LogP contribution in [0.4, 0.5) is 5.69 Å². The molecule has 0 aliphatic heterocycles. The predicted molar refractivity (Wildman–Crippen MR) is 91.5 cm³/mol. The largest absolute Gasteiger partial charge is 0.452 e. The Kier molecular flexibility index (Phi) is 6.04. The molecule has 8 heteroatoms. The summed E-state index contributed by atoms with van der Waals surface area (Å²) >= 11 is 17.6. The maximum absolute atomic E-state index is 12.0. The molecule has 24 heavy (non-hydrogen) atoms. The second-order valence-corrected chi connectivity index (χ2v) is 5.77. The first kappa shape index (κ1) is 18.1. The molecule has 0 saturated carbocycles. The number of rotatable bonds is 4. The topological polar surface area (TPSA) is 79.2 Å². The lowest BCUT2D eigenvalue weighted by Gasteiger charge is -2.09. The van der Waals surface area contributed by atoms with E-state index in [1.807, 2.05) is 6.07 Å². The number of esters is 1. The van der Waals surface area contributed by atoms with E-state index in [-0.39, 0.29) is 26.9 Å². The summed E-state index contributed by atoms with van der Waals surface area (Å²) in [4.78, 5) is 23.9. The van der Waals surface area contributed by atoms with E-state index in [4.69, 9.17) is 44.8 Å². The van der Waals surface area contributed by atoms with Gasteiger partial charge in [-0.3, -0.25) is 4.79 Å². The van der Waals surface area contributed by atoms with Gasteiger partial charge < -0.3 is 10.1 Å². The van der Waals surface area contributed by atoms with Crippen molar-refractivity contribution in [2.24, 2.45) is 0 Å². The third-order valence-electron chi connectivity index (χ3n) is 2.88. The monoisotopic (exact) mass is 382 g/mol. The van der Waals surface area contributed by atoms with Crippen molar-refractivity contribution in [3.05, 3.63) is 62.6 Å². The first-order valence-electron chi connectivity index (χ1n) is 6.53. The molecule has 0 spiro atoms. The van der Waals surface area contributed by atoms with Gasteiger partial charge in [0.05, 0.1) is 26.9 Å². The highest BCUT2D eigenvalue weighted by molar-refractivity contribution is 6.39. The standard InChI is InChI=1S/C16H9Cl3N2O3/c17-10-5-4-9(7-20)13(6-10)21-14(22)8-24-16(23)15-11(18)2-1-3-12(15)19/h1-6H,8H2,(H,21,22). The molecule has 0 bridgehead atoms. The third kappa shape index (κ3) is 4.39. The van der Waals surface area contributed by atoms with Gasteiger partial charge in [0.1, 0.15) is 6.07 Å². The van der Waals surface area contributed by atoms with Crippen LogP contribution in [-0.4, -0.2) is 18.5 Å². The molecule has 0 fully saturated rings. The molecule has 122 valence electrons. The molecule has 2 aromatic carbocycles. The van der Waals surface area contributed by atoms with Gasteiger partial charge in [0.25, 0.3) is 5.91 Å². The van der Waals surface area contributed by atoms with Gasteiger partial charge in [-0.25, -0.2) is 4.79 Å². The van der Waals surface area contributed by atoms with Crippen LogP contribution in [0.15, 0.2) is 36.4 Å². The van der Waals surface area contributed by atoms with Crippen molar-refractivity contribution in [2.75, 3.05) is 11.9 Å². The average molecular weight is 384 g/mol. The molecule has 1 amide bonds. The van der Waals surface area contributed by atoms with Crippen molar-refractivity contribution in [2.45, 2.75) is 0 Å². The van der Waals surface area contributed by atoms with Crippen LogP contribution in [0.5, 0.6) is 0 Å². The first-order valence-corrected chi connectivity index (χ1v) is 7.66. The Morgan fingerprint density at radius 3 is 2.42 bits per heavy atom. The first-order chi connectivity index (χ1) is 11.4. The summed E-state index contributed by atoms with van der Waals surface area (Å²) in [7, 11) is 0. The molecule has 2 rings (SSSR count). The minimum atomic E-state index is -0.827. The molecule has 5 nitrogen and oxygen atoms in total. The Hall–Kier alpha value is -2.26. The number of anilines is 1. The molecule has 0 aliphatic rings. The molecule has 0 radical (unpaired) electrons. The summed E-state index contributed by atoms with van der Waals surface area (Å²) in [6.45, 7) is -0.572. The number of nitriles is 1. The van der Waals surface area contributed by atoms with Gasteiger partial charge in [0.2, 0.25) is 0 Å². The van der Waals surface area contributed by atoms with Crippen molar-refractivity contribution in [1.82, 2.24) is 0 Å². The normalized spacial score (nSPS) is 9.92. The zero-order valence-electron chi connectivity index (χ0n) is 12.0. The number of carbonyl (C=O) groups excluding carboxylic acids is 2. The summed E-state index contributed by atoms with van der Waals surface area (Å²) in [6.07, 6.45) is 0. The third-order valence-corrected chi connectivity index (χ3v) is 3.74. The number of halogens is 3. The molecule has 0 aliphatic carbocycles. The molecule has 1 N–H and O–H groups in total. The minimum Gasteiger partial charge on any atom is -0.452 e. The van der Waals surface area contributed by atoms with E-state index < -0.39 is 18.5 Å². The summed E-state index contributed by atoms with van der Waals surface area (Å²) in [6, 6.07) is 10.9. The zero-order valence-corrected chi connectivity index (χ0v) is 14.2. The Balaban J connectivity index is 2.03. The lowest BCUT2D eigenvalue weighted by Crippen LogP contribution is -2.21. The van der Waals surface area contributed by atoms with Crippen molar-refractivity contribution >= 4 is 52.4 Å². The maximum atomic E-state index is 12.0. The number of nitrogens with one attached hydrogen (secondary N) is 1. The van der Waals surface area contributed by atoms with E-state index in [2.05, 4.69) is 5.32 Å². The van der Waals surface area contributed by atoms with Gasteiger partial charge in [0, 0.05) is 5.02 Å². The van der Waals surface area contributed by atoms with E-state index in [1.54, 1.807) is 6.07 Å². The molecule has 0 saturated heterocycles. The summed E-state index contributed by atoms with van der Waals surface area (Å²) in [5, 5.41) is 12.0. The highest BCUT2D eigenvalue weighted by Crippen LogP contribution is 2.25. The summed E-state index contributed by atoms with van der Waals surface area (Å²) in [5.74, 6) is -1.46. The zero-order chi connectivity index (χ0) is 17.7. The molecule has 0 atom stereocenters. The predicted octanol–water partition coefficient (Wildman–Crippen LogP) is 4.31. The Bertz CT molecular complexity index is 827. The van der Waals surface area contributed by atoms with Crippen LogP contribution in [0.1, 0.15) is 15.9 Å². The number of ether oxygens (including phenoxy) is 1. The van der Waals surface area contributed by atoms with Crippen molar-refractivity contribution in [3.8, 4) is 6.07 Å². The fourth-order valence-corrected chi connectivity index (χ4v) is 2.52. The second-order valence-electron chi connectivity index (χ2n) is 4.52. The Labute approximate surface area is 152 Å². The molecular formula is C16H9Cl3N2O3. The number of benzene rings is 2. The second kappa shape index (κ2) is 8.02. The van der Waals surface area contributed by atoms with E-state index in [0.717, 1.165) is 0 Å². The lowest BCUT2D eigenvalue weighted by molar-refractivity contribution is -0.119. The van der Waals surface area contributed by atoms with Crippen molar-refractivity contribution in [1.29, 1.82) is 5.26 Å². The van der Waals surface area contributed by atoms with Crippen LogP contribution in [0, 0.1) is 11.3 Å². The van der Waals surface area contributed by atoms with Crippen LogP contribution in [-0.2, 0) is 9.53 Å². The fourth-order valence-electron chi connectivity index (χ4n) is 1.80. The molecule has 0 unspecified atom stereocenters. The highest BCUT2D eigenvalue weighted by Gasteiger charge is 2.17. The highest BCUT2D eigenvalue weighted by atomic mass is 35.5. The van der Waals surface area contributed by atoms with E-state index >= 15 is 0 Å².